The lowest BCUT2D eigenvalue weighted by molar-refractivity contribution is -0.176. The van der Waals surface area contributed by atoms with Crippen molar-refractivity contribution in [2.24, 2.45) is 17.3 Å². The molecular weight excluding hydrogens is 270 g/mol. The van der Waals surface area contributed by atoms with E-state index in [2.05, 4.69) is 5.32 Å². The average molecular weight is 293 g/mol. The molecule has 4 aliphatic carbocycles. The molecule has 0 aromatic rings. The predicted octanol–water partition coefficient (Wildman–Crippen LogP) is 1.59. The molecule has 0 aromatic heterocycles. The van der Waals surface area contributed by atoms with Crippen molar-refractivity contribution >= 4 is 17.7 Å². The minimum atomic E-state index is -0.484. The fourth-order valence-corrected chi connectivity index (χ4v) is 5.34. The Balaban J connectivity index is 1.81. The van der Waals surface area contributed by atoms with E-state index in [9.17, 15) is 14.4 Å². The van der Waals surface area contributed by atoms with Crippen LogP contribution >= 0.6 is 0 Å². The third-order valence-electron chi connectivity index (χ3n) is 5.34. The molecule has 116 valence electrons. The standard InChI is InChI=1S/C16H23NO4/c1-10(18)8-21-14(20)15-4-12-3-13(5-15)7-16(6-12,9-15)17-11(2)19/h12-13H,3-9H2,1-2H3,(H,17,19)/t12-,13+,15?,16?. The van der Waals surface area contributed by atoms with E-state index in [0.717, 1.165) is 32.1 Å². The quantitative estimate of drug-likeness (QED) is 0.799. The summed E-state index contributed by atoms with van der Waals surface area (Å²) < 4.78 is 5.24. The fraction of sp³-hybridized carbons (Fsp3) is 0.812. The summed E-state index contributed by atoms with van der Waals surface area (Å²) in [7, 11) is 0. The Morgan fingerprint density at radius 2 is 1.71 bits per heavy atom. The molecule has 0 aliphatic heterocycles. The van der Waals surface area contributed by atoms with Crippen LogP contribution < -0.4 is 5.32 Å². The van der Waals surface area contributed by atoms with E-state index in [4.69, 9.17) is 4.74 Å². The molecule has 2 unspecified atom stereocenters. The smallest absolute Gasteiger partial charge is 0.312 e. The molecule has 21 heavy (non-hydrogen) atoms. The number of hydrogen-bond donors (Lipinski definition) is 1. The number of hydrogen-bond acceptors (Lipinski definition) is 4. The number of carbonyl (C=O) groups is 3. The van der Waals surface area contributed by atoms with Gasteiger partial charge in [0.15, 0.2) is 5.78 Å². The van der Waals surface area contributed by atoms with Crippen molar-refractivity contribution < 1.29 is 19.1 Å². The van der Waals surface area contributed by atoms with Gasteiger partial charge in [0.1, 0.15) is 6.61 Å². The summed E-state index contributed by atoms with van der Waals surface area (Å²) in [5.74, 6) is 0.585. The number of rotatable bonds is 4. The summed E-state index contributed by atoms with van der Waals surface area (Å²) in [6, 6.07) is 0. The molecule has 4 aliphatic rings. The molecule has 4 saturated carbocycles. The molecule has 5 heteroatoms. The first kappa shape index (κ1) is 14.5. The zero-order chi connectivity index (χ0) is 15.3. The van der Waals surface area contributed by atoms with Crippen molar-refractivity contribution in [3.05, 3.63) is 0 Å². The highest BCUT2D eigenvalue weighted by molar-refractivity contribution is 5.83. The van der Waals surface area contributed by atoms with E-state index in [1.807, 2.05) is 0 Å². The second kappa shape index (κ2) is 4.82. The average Bonchev–Trinajstić information content (AvgIpc) is 2.32. The second-order valence-corrected chi connectivity index (χ2v) is 7.48. The van der Waals surface area contributed by atoms with Gasteiger partial charge in [0.05, 0.1) is 5.41 Å². The molecule has 4 rings (SSSR count). The second-order valence-electron chi connectivity index (χ2n) is 7.48. The van der Waals surface area contributed by atoms with E-state index in [-0.39, 0.29) is 29.8 Å². The van der Waals surface area contributed by atoms with Gasteiger partial charge in [0.2, 0.25) is 5.91 Å². The number of ether oxygens (including phenoxy) is 1. The molecule has 4 bridgehead atoms. The van der Waals surface area contributed by atoms with E-state index in [1.165, 1.54) is 6.92 Å². The fourth-order valence-electron chi connectivity index (χ4n) is 5.34. The molecule has 4 atom stereocenters. The molecule has 0 spiro atoms. The van der Waals surface area contributed by atoms with Crippen molar-refractivity contribution in [1.29, 1.82) is 0 Å². The summed E-state index contributed by atoms with van der Waals surface area (Å²) in [5.41, 5.74) is -0.715. The van der Waals surface area contributed by atoms with Crippen LogP contribution in [0.4, 0.5) is 0 Å². The third kappa shape index (κ3) is 2.58. The maximum atomic E-state index is 12.5. The maximum Gasteiger partial charge on any atom is 0.312 e. The monoisotopic (exact) mass is 293 g/mol. The molecule has 1 amide bonds. The zero-order valence-electron chi connectivity index (χ0n) is 12.7. The Morgan fingerprint density at radius 1 is 1.10 bits per heavy atom. The lowest BCUT2D eigenvalue weighted by atomic mass is 9.47. The predicted molar refractivity (Wildman–Crippen MR) is 75.3 cm³/mol. The maximum absolute atomic E-state index is 12.5. The SMILES string of the molecule is CC(=O)COC(=O)C12C[C@@H]3C[C@@H](CC(NC(C)=O)(C3)C1)C2. The van der Waals surface area contributed by atoms with Gasteiger partial charge in [-0.1, -0.05) is 0 Å². The van der Waals surface area contributed by atoms with Gasteiger partial charge < -0.3 is 10.1 Å². The molecule has 1 N–H and O–H groups in total. The Morgan fingerprint density at radius 3 is 2.24 bits per heavy atom. The van der Waals surface area contributed by atoms with Crippen LogP contribution in [-0.4, -0.2) is 29.8 Å². The van der Waals surface area contributed by atoms with Crippen molar-refractivity contribution in [3.8, 4) is 0 Å². The first-order valence-corrected chi connectivity index (χ1v) is 7.78. The number of carbonyl (C=O) groups excluding carboxylic acids is 3. The normalized spacial score (nSPS) is 39.9. The van der Waals surface area contributed by atoms with Crippen LogP contribution in [0.2, 0.25) is 0 Å². The Bertz CT molecular complexity index is 485. The van der Waals surface area contributed by atoms with E-state index in [0.29, 0.717) is 18.3 Å². The van der Waals surface area contributed by atoms with Crippen molar-refractivity contribution in [2.75, 3.05) is 6.61 Å². The Labute approximate surface area is 124 Å². The molecule has 0 heterocycles. The van der Waals surface area contributed by atoms with E-state index in [1.54, 1.807) is 6.92 Å². The number of amides is 1. The van der Waals surface area contributed by atoms with Crippen molar-refractivity contribution in [1.82, 2.24) is 5.32 Å². The number of ketones is 1. The molecule has 4 fully saturated rings. The summed E-state index contributed by atoms with van der Waals surface area (Å²) in [6.45, 7) is 2.83. The van der Waals surface area contributed by atoms with Crippen molar-refractivity contribution in [3.63, 3.8) is 0 Å². The van der Waals surface area contributed by atoms with Gasteiger partial charge in [-0.25, -0.2) is 0 Å². The molecule has 0 aromatic carbocycles. The van der Waals surface area contributed by atoms with Gasteiger partial charge in [-0.2, -0.15) is 0 Å². The third-order valence-corrected chi connectivity index (χ3v) is 5.34. The van der Waals surface area contributed by atoms with Gasteiger partial charge in [0, 0.05) is 12.5 Å². The summed E-state index contributed by atoms with van der Waals surface area (Å²) in [5, 5.41) is 3.12. The van der Waals surface area contributed by atoms with Gasteiger partial charge in [-0.3, -0.25) is 14.4 Å². The topological polar surface area (TPSA) is 72.5 Å². The Kier molecular flexibility index (Phi) is 3.34. The van der Waals surface area contributed by atoms with Crippen LogP contribution in [0.1, 0.15) is 52.4 Å². The minimum absolute atomic E-state index is 0.0239. The van der Waals surface area contributed by atoms with Gasteiger partial charge >= 0.3 is 5.97 Å². The number of Topliss-reactive ketones (excluding diaryl/α,β-unsaturated/α-hetero) is 1. The van der Waals surface area contributed by atoms with Crippen LogP contribution in [0.15, 0.2) is 0 Å². The van der Waals surface area contributed by atoms with Gasteiger partial charge in [-0.15, -0.1) is 0 Å². The van der Waals surface area contributed by atoms with Gasteiger partial charge in [0.25, 0.3) is 0 Å². The molecule has 0 radical (unpaired) electrons. The number of nitrogens with one attached hydrogen (secondary N) is 1. The van der Waals surface area contributed by atoms with Crippen LogP contribution in [0.3, 0.4) is 0 Å². The highest BCUT2D eigenvalue weighted by Gasteiger charge is 2.61. The number of esters is 1. The minimum Gasteiger partial charge on any atom is -0.457 e. The van der Waals surface area contributed by atoms with Crippen LogP contribution in [0.25, 0.3) is 0 Å². The molecular formula is C16H23NO4. The summed E-state index contributed by atoms with van der Waals surface area (Å²) >= 11 is 0. The summed E-state index contributed by atoms with van der Waals surface area (Å²) in [4.78, 5) is 35.1. The molecule has 0 saturated heterocycles. The molecule has 5 nitrogen and oxygen atoms in total. The van der Waals surface area contributed by atoms with Gasteiger partial charge in [-0.05, 0) is 57.3 Å². The van der Waals surface area contributed by atoms with Crippen LogP contribution in [-0.2, 0) is 19.1 Å². The lowest BCUT2D eigenvalue weighted by Gasteiger charge is -2.60. The largest absolute Gasteiger partial charge is 0.457 e. The Hall–Kier alpha value is -1.39. The van der Waals surface area contributed by atoms with E-state index < -0.39 is 5.41 Å². The zero-order valence-corrected chi connectivity index (χ0v) is 12.7. The van der Waals surface area contributed by atoms with Crippen molar-refractivity contribution in [2.45, 2.75) is 57.9 Å². The van der Waals surface area contributed by atoms with E-state index >= 15 is 0 Å². The first-order valence-electron chi connectivity index (χ1n) is 7.78. The summed E-state index contributed by atoms with van der Waals surface area (Å²) in [6.07, 6.45) is 5.48. The van der Waals surface area contributed by atoms with Crippen LogP contribution in [0.5, 0.6) is 0 Å². The first-order chi connectivity index (χ1) is 9.82. The highest BCUT2D eigenvalue weighted by atomic mass is 16.5. The highest BCUT2D eigenvalue weighted by Crippen LogP contribution is 2.62. The van der Waals surface area contributed by atoms with Crippen LogP contribution in [0, 0.1) is 17.3 Å². The lowest BCUT2D eigenvalue weighted by Crippen LogP contribution is -2.64.